The first-order valence-electron chi connectivity index (χ1n) is 7.97. The van der Waals surface area contributed by atoms with Crippen molar-refractivity contribution in [1.29, 1.82) is 0 Å². The first kappa shape index (κ1) is 16.4. The Labute approximate surface area is 132 Å². The summed E-state index contributed by atoms with van der Waals surface area (Å²) >= 11 is 0. The van der Waals surface area contributed by atoms with Gasteiger partial charge in [-0.15, -0.1) is 0 Å². The third-order valence-electron chi connectivity index (χ3n) is 3.45. The summed E-state index contributed by atoms with van der Waals surface area (Å²) in [5, 5.41) is 9.20. The molecule has 0 amide bonds. The number of rotatable bonds is 9. The second kappa shape index (κ2) is 9.15. The second-order valence-corrected chi connectivity index (χ2v) is 5.38. The van der Waals surface area contributed by atoms with Gasteiger partial charge in [0.05, 0.1) is 12.4 Å². The zero-order chi connectivity index (χ0) is 15.6. The third-order valence-corrected chi connectivity index (χ3v) is 3.45. The fourth-order valence-corrected chi connectivity index (χ4v) is 2.25. The summed E-state index contributed by atoms with van der Waals surface area (Å²) in [5.41, 5.74) is 2.30. The minimum Gasteiger partial charge on any atom is -0.505 e. The van der Waals surface area contributed by atoms with E-state index in [9.17, 15) is 5.11 Å². The molecule has 1 N–H and O–H groups in total. The van der Waals surface area contributed by atoms with Crippen molar-refractivity contribution >= 4 is 0 Å². The summed E-state index contributed by atoms with van der Waals surface area (Å²) in [4.78, 5) is 8.23. The van der Waals surface area contributed by atoms with Gasteiger partial charge in [-0.25, -0.2) is 9.97 Å². The second-order valence-electron chi connectivity index (χ2n) is 5.38. The molecule has 0 aliphatic carbocycles. The van der Waals surface area contributed by atoms with Crippen molar-refractivity contribution in [3.63, 3.8) is 0 Å². The minimum atomic E-state index is 0.0864. The van der Waals surface area contributed by atoms with Gasteiger partial charge < -0.3 is 9.84 Å². The molecule has 118 valence electrons. The Kier molecular flexibility index (Phi) is 6.84. The third kappa shape index (κ3) is 5.45. The van der Waals surface area contributed by atoms with E-state index in [1.165, 1.54) is 30.8 Å². The number of hydrogen-bond donors (Lipinski definition) is 1. The van der Waals surface area contributed by atoms with Crippen LogP contribution in [0.25, 0.3) is 11.4 Å². The molecule has 4 nitrogen and oxygen atoms in total. The van der Waals surface area contributed by atoms with E-state index in [1.54, 1.807) is 0 Å². The van der Waals surface area contributed by atoms with Crippen molar-refractivity contribution < 1.29 is 9.84 Å². The number of aromatic hydroxyl groups is 1. The zero-order valence-corrected chi connectivity index (χ0v) is 13.2. The lowest BCUT2D eigenvalue weighted by Crippen LogP contribution is -1.96. The molecule has 0 aliphatic rings. The molecule has 1 aromatic carbocycles. The van der Waals surface area contributed by atoms with Crippen LogP contribution in [0, 0.1) is 0 Å². The van der Waals surface area contributed by atoms with Gasteiger partial charge in [0.15, 0.2) is 11.6 Å². The van der Waals surface area contributed by atoms with E-state index in [4.69, 9.17) is 4.74 Å². The molecule has 4 heteroatoms. The Bertz CT molecular complexity index is 538. The molecule has 2 rings (SSSR count). The summed E-state index contributed by atoms with van der Waals surface area (Å²) in [5.74, 6) is 0.723. The first-order valence-corrected chi connectivity index (χ1v) is 7.97. The maximum atomic E-state index is 9.20. The topological polar surface area (TPSA) is 55.2 Å². The van der Waals surface area contributed by atoms with Crippen LogP contribution < -0.4 is 0 Å². The fourth-order valence-electron chi connectivity index (χ4n) is 2.25. The summed E-state index contributed by atoms with van der Waals surface area (Å²) < 4.78 is 5.48. The molecular weight excluding hydrogens is 276 g/mol. The molecule has 0 spiro atoms. The maximum Gasteiger partial charge on any atom is 0.159 e. The van der Waals surface area contributed by atoms with Crippen LogP contribution >= 0.6 is 0 Å². The van der Waals surface area contributed by atoms with E-state index in [0.29, 0.717) is 5.82 Å². The van der Waals surface area contributed by atoms with Crippen LogP contribution in [0.1, 0.15) is 38.2 Å². The Morgan fingerprint density at radius 2 is 1.68 bits per heavy atom. The monoisotopic (exact) mass is 300 g/mol. The van der Waals surface area contributed by atoms with Gasteiger partial charge in [-0.05, 0) is 31.2 Å². The number of ether oxygens (including phenoxy) is 1. The largest absolute Gasteiger partial charge is 0.505 e. The number of aromatic nitrogens is 2. The van der Waals surface area contributed by atoms with Crippen LogP contribution in [0.3, 0.4) is 0 Å². The molecule has 0 unspecified atom stereocenters. The van der Waals surface area contributed by atoms with Crippen molar-refractivity contribution in [2.45, 2.75) is 39.0 Å². The molecular formula is C18H24N2O2. The smallest absolute Gasteiger partial charge is 0.159 e. The zero-order valence-electron chi connectivity index (χ0n) is 13.2. The number of hydrogen-bond acceptors (Lipinski definition) is 4. The number of unbranched alkanes of at least 4 members (excludes halogenated alkanes) is 2. The SMILES string of the molecule is CCCOCCCCCc1ccc(-c2ncc(O)cn2)cc1. The summed E-state index contributed by atoms with van der Waals surface area (Å²) in [7, 11) is 0. The van der Waals surface area contributed by atoms with Crippen molar-refractivity contribution in [1.82, 2.24) is 9.97 Å². The van der Waals surface area contributed by atoms with Gasteiger partial charge in [-0.3, -0.25) is 0 Å². The van der Waals surface area contributed by atoms with Crippen molar-refractivity contribution in [3.8, 4) is 17.1 Å². The van der Waals surface area contributed by atoms with E-state index < -0.39 is 0 Å². The average Bonchev–Trinajstić information content (AvgIpc) is 2.55. The Morgan fingerprint density at radius 3 is 2.36 bits per heavy atom. The summed E-state index contributed by atoms with van der Waals surface area (Å²) in [6.07, 6.45) is 8.53. The molecule has 0 aliphatic heterocycles. The molecule has 22 heavy (non-hydrogen) atoms. The van der Waals surface area contributed by atoms with Gasteiger partial charge in [0.25, 0.3) is 0 Å². The highest BCUT2D eigenvalue weighted by Gasteiger charge is 2.01. The number of benzene rings is 1. The van der Waals surface area contributed by atoms with Crippen molar-refractivity contribution in [3.05, 3.63) is 42.2 Å². The van der Waals surface area contributed by atoms with Gasteiger partial charge in [0.2, 0.25) is 0 Å². The van der Waals surface area contributed by atoms with E-state index in [1.807, 2.05) is 12.1 Å². The molecule has 0 saturated heterocycles. The fraction of sp³-hybridized carbons (Fsp3) is 0.444. The van der Waals surface area contributed by atoms with E-state index >= 15 is 0 Å². The van der Waals surface area contributed by atoms with Crippen molar-refractivity contribution in [2.75, 3.05) is 13.2 Å². The van der Waals surface area contributed by atoms with Crippen LogP contribution in [0.2, 0.25) is 0 Å². The van der Waals surface area contributed by atoms with Gasteiger partial charge in [-0.2, -0.15) is 0 Å². The van der Waals surface area contributed by atoms with Gasteiger partial charge >= 0.3 is 0 Å². The highest BCUT2D eigenvalue weighted by Crippen LogP contribution is 2.17. The van der Waals surface area contributed by atoms with Crippen LogP contribution in [0.4, 0.5) is 0 Å². The molecule has 1 heterocycles. The van der Waals surface area contributed by atoms with Gasteiger partial charge in [-0.1, -0.05) is 37.6 Å². The standard InChI is InChI=1S/C18H24N2O2/c1-2-11-22-12-5-3-4-6-15-7-9-16(10-8-15)18-19-13-17(21)14-20-18/h7-10,13-14,21H,2-6,11-12H2,1H3. The lowest BCUT2D eigenvalue weighted by atomic mass is 10.0. The molecule has 0 radical (unpaired) electrons. The van der Waals surface area contributed by atoms with Crippen LogP contribution in [0.5, 0.6) is 5.75 Å². The lowest BCUT2D eigenvalue weighted by molar-refractivity contribution is 0.130. The Morgan fingerprint density at radius 1 is 0.955 bits per heavy atom. The summed E-state index contributed by atoms with van der Waals surface area (Å²) in [6.45, 7) is 3.89. The predicted octanol–water partition coefficient (Wildman–Crippen LogP) is 3.99. The quantitative estimate of drug-likeness (QED) is 0.711. The molecule has 0 atom stereocenters. The maximum absolute atomic E-state index is 9.20. The molecule has 1 aromatic heterocycles. The highest BCUT2D eigenvalue weighted by molar-refractivity contribution is 5.55. The molecule has 0 saturated carbocycles. The lowest BCUT2D eigenvalue weighted by Gasteiger charge is -2.05. The normalized spacial score (nSPS) is 10.8. The predicted molar refractivity (Wildman–Crippen MR) is 87.8 cm³/mol. The Balaban J connectivity index is 1.74. The first-order chi connectivity index (χ1) is 10.8. The number of nitrogens with zero attached hydrogens (tertiary/aromatic N) is 2. The average molecular weight is 300 g/mol. The van der Waals surface area contributed by atoms with Crippen molar-refractivity contribution in [2.24, 2.45) is 0 Å². The molecule has 0 fully saturated rings. The van der Waals surface area contributed by atoms with E-state index in [0.717, 1.165) is 38.0 Å². The van der Waals surface area contributed by atoms with Gasteiger partial charge in [0.1, 0.15) is 0 Å². The van der Waals surface area contributed by atoms with Crippen LogP contribution in [-0.2, 0) is 11.2 Å². The molecule has 2 aromatic rings. The summed E-state index contributed by atoms with van der Waals surface area (Å²) in [6, 6.07) is 8.32. The highest BCUT2D eigenvalue weighted by atomic mass is 16.5. The van der Waals surface area contributed by atoms with Crippen LogP contribution in [0.15, 0.2) is 36.7 Å². The van der Waals surface area contributed by atoms with E-state index in [-0.39, 0.29) is 5.75 Å². The van der Waals surface area contributed by atoms with E-state index in [2.05, 4.69) is 29.0 Å². The minimum absolute atomic E-state index is 0.0864. The molecule has 0 bridgehead atoms. The van der Waals surface area contributed by atoms with Crippen LogP contribution in [-0.4, -0.2) is 28.3 Å². The Hall–Kier alpha value is -1.94. The number of aryl methyl sites for hydroxylation is 1. The van der Waals surface area contributed by atoms with Gasteiger partial charge in [0, 0.05) is 18.8 Å².